The summed E-state index contributed by atoms with van der Waals surface area (Å²) in [6, 6.07) is 4.83. The van der Waals surface area contributed by atoms with E-state index in [1.54, 1.807) is 18.2 Å². The van der Waals surface area contributed by atoms with Gasteiger partial charge in [0.2, 0.25) is 5.08 Å². The van der Waals surface area contributed by atoms with Crippen LogP contribution >= 0.6 is 15.2 Å². The van der Waals surface area contributed by atoms with Crippen molar-refractivity contribution in [1.29, 1.82) is 0 Å². The summed E-state index contributed by atoms with van der Waals surface area (Å²) in [5.41, 5.74) is 0.422. The summed E-state index contributed by atoms with van der Waals surface area (Å²) in [6.07, 6.45) is 1.64. The molecule has 0 saturated heterocycles. The second kappa shape index (κ2) is 6.22. The smallest absolute Gasteiger partial charge is 0.776 e. The van der Waals surface area contributed by atoms with E-state index in [4.69, 9.17) is 14.7 Å². The van der Waals surface area contributed by atoms with Crippen LogP contribution in [0.15, 0.2) is 30.6 Å². The maximum atomic E-state index is 11.2. The maximum Gasteiger partial charge on any atom is 1.00 e. The second-order valence-electron chi connectivity index (χ2n) is 4.19. The van der Waals surface area contributed by atoms with Crippen LogP contribution in [0, 0.1) is 0 Å². The Hall–Kier alpha value is -0.0500. The van der Waals surface area contributed by atoms with Gasteiger partial charge in [-0.05, 0) is 12.1 Å². The van der Waals surface area contributed by atoms with Crippen molar-refractivity contribution in [1.82, 2.24) is 9.38 Å². The second-order valence-corrected chi connectivity index (χ2v) is 8.16. The van der Waals surface area contributed by atoms with Crippen LogP contribution in [-0.4, -0.2) is 34.3 Å². The Morgan fingerprint density at radius 2 is 1.90 bits per heavy atom. The van der Waals surface area contributed by atoms with E-state index in [0.29, 0.717) is 5.65 Å². The SMILES string of the molecule is O=P([O-])(O)C(O)(Cc1cnc2ccccn12)P(=O)(O)O.[Na+]. The van der Waals surface area contributed by atoms with Crippen LogP contribution in [-0.2, 0) is 15.6 Å². The van der Waals surface area contributed by atoms with Crippen LogP contribution in [0.3, 0.4) is 0 Å². The summed E-state index contributed by atoms with van der Waals surface area (Å²) in [5, 5.41) is 6.19. The van der Waals surface area contributed by atoms with Gasteiger partial charge in [0.25, 0.3) is 0 Å². The minimum Gasteiger partial charge on any atom is -0.776 e. The van der Waals surface area contributed by atoms with Crippen molar-refractivity contribution < 1.29 is 63.4 Å². The molecule has 0 radical (unpaired) electrons. The standard InChI is InChI=1S/C9H12N2O7P2.Na/c12-9(19(13,14)15,20(16,17)18)5-7-6-10-8-3-1-2-4-11(7)8;/h1-4,6,12H,5H2,(H2,13,14,15)(H2,16,17,18);/q;+1/p-1. The molecule has 0 amide bonds. The molecule has 4 N–H and O–H groups in total. The van der Waals surface area contributed by atoms with Gasteiger partial charge in [0.05, 0.1) is 0 Å². The van der Waals surface area contributed by atoms with E-state index >= 15 is 0 Å². The van der Waals surface area contributed by atoms with Crippen LogP contribution in [0.25, 0.3) is 5.65 Å². The quantitative estimate of drug-likeness (QED) is 0.326. The summed E-state index contributed by atoms with van der Waals surface area (Å²) in [4.78, 5) is 42.1. The molecule has 2 rings (SSSR count). The van der Waals surface area contributed by atoms with Gasteiger partial charge in [-0.25, -0.2) is 4.98 Å². The Kier molecular flexibility index (Phi) is 5.62. The number of imidazole rings is 1. The van der Waals surface area contributed by atoms with E-state index in [1.807, 2.05) is 0 Å². The molecular formula is C9H11N2NaO7P2. The van der Waals surface area contributed by atoms with Crippen LogP contribution in [0.2, 0.25) is 0 Å². The third kappa shape index (κ3) is 3.48. The van der Waals surface area contributed by atoms with Crippen molar-refractivity contribution in [2.75, 3.05) is 0 Å². The topological polar surface area (TPSA) is 155 Å². The third-order valence-corrected chi connectivity index (χ3v) is 6.53. The molecule has 0 bridgehead atoms. The van der Waals surface area contributed by atoms with Crippen LogP contribution < -0.4 is 34.5 Å². The first-order chi connectivity index (χ1) is 9.06. The van der Waals surface area contributed by atoms with Crippen LogP contribution in [0.5, 0.6) is 0 Å². The number of aliphatic hydroxyl groups is 1. The van der Waals surface area contributed by atoms with Crippen molar-refractivity contribution in [2.24, 2.45) is 0 Å². The average Bonchev–Trinajstić information content (AvgIpc) is 2.70. The number of fused-ring (bicyclic) bond motifs is 1. The molecule has 0 aliphatic carbocycles. The fourth-order valence-corrected chi connectivity index (χ4v) is 3.77. The number of nitrogens with zero attached hydrogens (tertiary/aromatic N) is 2. The minimum absolute atomic E-state index is 0. The molecule has 12 heteroatoms. The molecule has 0 spiro atoms. The number of aromatic nitrogens is 2. The van der Waals surface area contributed by atoms with Gasteiger partial charge in [-0.3, -0.25) is 4.57 Å². The van der Waals surface area contributed by atoms with Crippen molar-refractivity contribution in [3.63, 3.8) is 0 Å². The van der Waals surface area contributed by atoms with E-state index < -0.39 is 26.7 Å². The number of pyridine rings is 1. The Labute approximate surface area is 141 Å². The van der Waals surface area contributed by atoms with Gasteiger partial charge >= 0.3 is 37.2 Å². The number of rotatable bonds is 4. The van der Waals surface area contributed by atoms with Crippen LogP contribution in [0.4, 0.5) is 0 Å². The van der Waals surface area contributed by atoms with Crippen molar-refractivity contribution >= 4 is 20.8 Å². The molecule has 2 heterocycles. The Bertz CT molecular complexity index is 715. The van der Waals surface area contributed by atoms with Crippen molar-refractivity contribution in [2.45, 2.75) is 11.5 Å². The van der Waals surface area contributed by atoms with Gasteiger partial charge in [-0.2, -0.15) is 0 Å². The Morgan fingerprint density at radius 1 is 1.29 bits per heavy atom. The molecule has 2 aromatic heterocycles. The molecule has 0 aromatic carbocycles. The first-order valence-corrected chi connectivity index (χ1v) is 8.48. The van der Waals surface area contributed by atoms with Gasteiger partial charge in [0.1, 0.15) is 5.65 Å². The number of hydrogen-bond donors (Lipinski definition) is 4. The van der Waals surface area contributed by atoms with Gasteiger partial charge in [0, 0.05) is 24.5 Å². The Morgan fingerprint density at radius 3 is 2.43 bits per heavy atom. The van der Waals surface area contributed by atoms with E-state index in [9.17, 15) is 19.1 Å². The molecule has 9 nitrogen and oxygen atoms in total. The van der Waals surface area contributed by atoms with E-state index in [0.717, 1.165) is 6.20 Å². The molecule has 2 unspecified atom stereocenters. The zero-order valence-electron chi connectivity index (χ0n) is 10.9. The predicted molar refractivity (Wildman–Crippen MR) is 65.7 cm³/mol. The molecular weight excluding hydrogens is 333 g/mol. The molecule has 0 saturated carbocycles. The fourth-order valence-electron chi connectivity index (χ4n) is 1.73. The molecule has 21 heavy (non-hydrogen) atoms. The Balaban J connectivity index is 0.00000220. The molecule has 110 valence electrons. The van der Waals surface area contributed by atoms with Gasteiger partial charge in [0.15, 0.2) is 7.60 Å². The molecule has 0 aliphatic heterocycles. The van der Waals surface area contributed by atoms with Crippen LogP contribution in [0.1, 0.15) is 5.69 Å². The third-order valence-electron chi connectivity index (χ3n) is 2.83. The maximum absolute atomic E-state index is 11.2. The molecule has 0 aliphatic rings. The van der Waals surface area contributed by atoms with E-state index in [-0.39, 0.29) is 35.3 Å². The van der Waals surface area contributed by atoms with Gasteiger partial charge < -0.3 is 33.6 Å². The van der Waals surface area contributed by atoms with Crippen molar-refractivity contribution in [3.8, 4) is 0 Å². The number of hydrogen-bond acceptors (Lipinski definition) is 5. The first kappa shape index (κ1) is 19.0. The normalized spacial score (nSPS) is 17.8. The monoisotopic (exact) mass is 344 g/mol. The summed E-state index contributed by atoms with van der Waals surface area (Å²) < 4.78 is 23.8. The van der Waals surface area contributed by atoms with Crippen molar-refractivity contribution in [3.05, 3.63) is 36.3 Å². The summed E-state index contributed by atoms with van der Waals surface area (Å²) in [5.74, 6) is 0. The summed E-state index contributed by atoms with van der Waals surface area (Å²) in [6.45, 7) is 0. The fraction of sp³-hybridized carbons (Fsp3) is 0.222. The van der Waals surface area contributed by atoms with E-state index in [1.165, 1.54) is 10.6 Å². The zero-order valence-corrected chi connectivity index (χ0v) is 14.7. The minimum atomic E-state index is -5.73. The average molecular weight is 344 g/mol. The largest absolute Gasteiger partial charge is 1.00 e. The van der Waals surface area contributed by atoms with Gasteiger partial charge in [-0.1, -0.05) is 6.07 Å². The first-order valence-electron chi connectivity index (χ1n) is 5.29. The zero-order chi connectivity index (χ0) is 15.2. The molecule has 2 aromatic rings. The predicted octanol–water partition coefficient (Wildman–Crippen LogP) is -3.75. The molecule has 0 fully saturated rings. The summed E-state index contributed by atoms with van der Waals surface area (Å²) >= 11 is 0. The van der Waals surface area contributed by atoms with Gasteiger partial charge in [-0.15, -0.1) is 0 Å². The van der Waals surface area contributed by atoms with E-state index in [2.05, 4.69) is 4.98 Å². The summed E-state index contributed by atoms with van der Waals surface area (Å²) in [7, 11) is -11.3. The molecule has 2 atom stereocenters.